The highest BCUT2D eigenvalue weighted by Crippen LogP contribution is 2.42. The number of benzene rings is 1. The van der Waals surface area contributed by atoms with Gasteiger partial charge in [0.05, 0.1) is 5.41 Å². The highest BCUT2D eigenvalue weighted by Gasteiger charge is 2.46. The predicted molar refractivity (Wildman–Crippen MR) is 76.3 cm³/mol. The first-order valence-electron chi connectivity index (χ1n) is 7.29. The van der Waals surface area contributed by atoms with E-state index in [2.05, 4.69) is 5.32 Å². The summed E-state index contributed by atoms with van der Waals surface area (Å²) < 4.78 is 0. The molecule has 1 aliphatic carbocycles. The zero-order chi connectivity index (χ0) is 14.9. The summed E-state index contributed by atoms with van der Waals surface area (Å²) in [6.07, 6.45) is 3.55. The van der Waals surface area contributed by atoms with Crippen LogP contribution in [0.1, 0.15) is 31.2 Å². The van der Waals surface area contributed by atoms with Gasteiger partial charge in [0.15, 0.2) is 0 Å². The van der Waals surface area contributed by atoms with Crippen LogP contribution in [-0.2, 0) is 19.8 Å². The molecule has 1 heterocycles. The van der Waals surface area contributed by atoms with E-state index in [1.54, 1.807) is 0 Å². The first kappa shape index (κ1) is 13.8. The second-order valence-electron chi connectivity index (χ2n) is 5.79. The van der Waals surface area contributed by atoms with Gasteiger partial charge < -0.3 is 4.90 Å². The SMILES string of the molecule is O=C1CN(C(=O)C2(c3ccccc3)CCCC2)CC(=O)N1. The van der Waals surface area contributed by atoms with E-state index >= 15 is 0 Å². The van der Waals surface area contributed by atoms with Crippen LogP contribution in [-0.4, -0.2) is 35.7 Å². The van der Waals surface area contributed by atoms with Gasteiger partial charge in [-0.05, 0) is 18.4 Å². The quantitative estimate of drug-likeness (QED) is 0.824. The van der Waals surface area contributed by atoms with Gasteiger partial charge in [0.1, 0.15) is 13.1 Å². The molecule has 5 nitrogen and oxygen atoms in total. The van der Waals surface area contributed by atoms with E-state index in [0.717, 1.165) is 31.2 Å². The van der Waals surface area contributed by atoms with Crippen molar-refractivity contribution in [3.63, 3.8) is 0 Å². The number of carbonyl (C=O) groups excluding carboxylic acids is 3. The van der Waals surface area contributed by atoms with Crippen LogP contribution >= 0.6 is 0 Å². The number of amides is 3. The molecule has 110 valence electrons. The van der Waals surface area contributed by atoms with Gasteiger partial charge in [0.25, 0.3) is 0 Å². The number of nitrogens with zero attached hydrogens (tertiary/aromatic N) is 1. The number of carbonyl (C=O) groups is 3. The Bertz CT molecular complexity index is 560. The predicted octanol–water partition coefficient (Wildman–Crippen LogP) is 0.983. The molecule has 0 aromatic heterocycles. The maximum absolute atomic E-state index is 13.0. The molecule has 3 rings (SSSR count). The topological polar surface area (TPSA) is 66.5 Å². The lowest BCUT2D eigenvalue weighted by molar-refractivity contribution is -0.148. The fourth-order valence-electron chi connectivity index (χ4n) is 3.45. The van der Waals surface area contributed by atoms with Gasteiger partial charge in [0, 0.05) is 0 Å². The first-order valence-corrected chi connectivity index (χ1v) is 7.29. The molecule has 0 spiro atoms. The van der Waals surface area contributed by atoms with E-state index < -0.39 is 17.2 Å². The molecule has 1 aromatic rings. The number of hydrogen-bond donors (Lipinski definition) is 1. The van der Waals surface area contributed by atoms with Crippen LogP contribution in [0, 0.1) is 0 Å². The number of hydrogen-bond acceptors (Lipinski definition) is 3. The van der Waals surface area contributed by atoms with Gasteiger partial charge in [-0.25, -0.2) is 0 Å². The highest BCUT2D eigenvalue weighted by molar-refractivity contribution is 6.04. The Morgan fingerprint density at radius 1 is 1.00 bits per heavy atom. The Balaban J connectivity index is 1.93. The van der Waals surface area contributed by atoms with Gasteiger partial charge in [-0.1, -0.05) is 43.2 Å². The molecule has 0 bridgehead atoms. The Morgan fingerprint density at radius 2 is 1.57 bits per heavy atom. The van der Waals surface area contributed by atoms with Crippen LogP contribution in [0.2, 0.25) is 0 Å². The molecule has 2 fully saturated rings. The van der Waals surface area contributed by atoms with Crippen LogP contribution in [0.4, 0.5) is 0 Å². The molecular formula is C16H18N2O3. The zero-order valence-corrected chi connectivity index (χ0v) is 11.8. The Labute approximate surface area is 123 Å². The third kappa shape index (κ3) is 2.44. The lowest BCUT2D eigenvalue weighted by atomic mass is 9.77. The third-order valence-corrected chi connectivity index (χ3v) is 4.43. The summed E-state index contributed by atoms with van der Waals surface area (Å²) in [6, 6.07) is 9.71. The van der Waals surface area contributed by atoms with Crippen LogP contribution in [0.5, 0.6) is 0 Å². The van der Waals surface area contributed by atoms with Gasteiger partial charge in [-0.15, -0.1) is 0 Å². The van der Waals surface area contributed by atoms with Crippen molar-refractivity contribution in [3.05, 3.63) is 35.9 Å². The molecule has 0 unspecified atom stereocenters. The Hall–Kier alpha value is -2.17. The average molecular weight is 286 g/mol. The summed E-state index contributed by atoms with van der Waals surface area (Å²) in [7, 11) is 0. The van der Waals surface area contributed by atoms with Crippen LogP contribution in [0.3, 0.4) is 0 Å². The average Bonchev–Trinajstić information content (AvgIpc) is 2.97. The van der Waals surface area contributed by atoms with Crippen molar-refractivity contribution in [2.45, 2.75) is 31.1 Å². The summed E-state index contributed by atoms with van der Waals surface area (Å²) in [5.74, 6) is -0.893. The molecule has 1 aromatic carbocycles. The number of piperazine rings is 1. The van der Waals surface area contributed by atoms with E-state index in [9.17, 15) is 14.4 Å². The lowest BCUT2D eigenvalue weighted by Crippen LogP contribution is -2.57. The molecule has 5 heteroatoms. The van der Waals surface area contributed by atoms with Gasteiger partial charge in [0.2, 0.25) is 17.7 Å². The smallest absolute Gasteiger partial charge is 0.246 e. The molecule has 2 aliphatic rings. The van der Waals surface area contributed by atoms with E-state index in [0.29, 0.717) is 0 Å². The van der Waals surface area contributed by atoms with Crippen molar-refractivity contribution in [1.29, 1.82) is 0 Å². The van der Waals surface area contributed by atoms with E-state index in [-0.39, 0.29) is 19.0 Å². The van der Waals surface area contributed by atoms with Crippen LogP contribution in [0.15, 0.2) is 30.3 Å². The molecule has 1 saturated heterocycles. The number of nitrogens with one attached hydrogen (secondary N) is 1. The molecule has 0 atom stereocenters. The van der Waals surface area contributed by atoms with Crippen molar-refractivity contribution in [1.82, 2.24) is 10.2 Å². The van der Waals surface area contributed by atoms with E-state index in [4.69, 9.17) is 0 Å². The zero-order valence-electron chi connectivity index (χ0n) is 11.8. The Morgan fingerprint density at radius 3 is 2.14 bits per heavy atom. The fourth-order valence-corrected chi connectivity index (χ4v) is 3.45. The summed E-state index contributed by atoms with van der Waals surface area (Å²) >= 11 is 0. The molecule has 21 heavy (non-hydrogen) atoms. The number of imide groups is 1. The largest absolute Gasteiger partial charge is 0.323 e. The van der Waals surface area contributed by atoms with Gasteiger partial charge in [-0.3, -0.25) is 19.7 Å². The molecule has 3 amide bonds. The molecule has 1 N–H and O–H groups in total. The second kappa shape index (κ2) is 5.31. The van der Waals surface area contributed by atoms with Crippen LogP contribution in [0.25, 0.3) is 0 Å². The molecule has 0 radical (unpaired) electrons. The van der Waals surface area contributed by atoms with Crippen molar-refractivity contribution in [2.24, 2.45) is 0 Å². The molecule has 1 aliphatic heterocycles. The maximum atomic E-state index is 13.0. The minimum Gasteiger partial charge on any atom is -0.323 e. The number of rotatable bonds is 2. The van der Waals surface area contributed by atoms with E-state index in [1.165, 1.54) is 4.90 Å². The van der Waals surface area contributed by atoms with Gasteiger partial charge >= 0.3 is 0 Å². The van der Waals surface area contributed by atoms with Crippen molar-refractivity contribution >= 4 is 17.7 Å². The minimum absolute atomic E-state index is 0.0286. The van der Waals surface area contributed by atoms with Gasteiger partial charge in [-0.2, -0.15) is 0 Å². The van der Waals surface area contributed by atoms with Crippen LogP contribution < -0.4 is 5.32 Å². The van der Waals surface area contributed by atoms with Crippen molar-refractivity contribution < 1.29 is 14.4 Å². The standard InChI is InChI=1S/C16H18N2O3/c19-13-10-18(11-14(20)17-13)15(21)16(8-4-5-9-16)12-6-2-1-3-7-12/h1-3,6-7H,4-5,8-11H2,(H,17,19,20). The summed E-state index contributed by atoms with van der Waals surface area (Å²) in [5, 5.41) is 2.24. The second-order valence-corrected chi connectivity index (χ2v) is 5.79. The summed E-state index contributed by atoms with van der Waals surface area (Å²) in [5.41, 5.74) is 0.421. The molecule has 1 saturated carbocycles. The van der Waals surface area contributed by atoms with Crippen molar-refractivity contribution in [3.8, 4) is 0 Å². The fraction of sp³-hybridized carbons (Fsp3) is 0.438. The minimum atomic E-state index is -0.570. The first-order chi connectivity index (χ1) is 10.1. The normalized spacial score (nSPS) is 21.2. The van der Waals surface area contributed by atoms with Crippen molar-refractivity contribution in [2.75, 3.05) is 13.1 Å². The maximum Gasteiger partial charge on any atom is 0.246 e. The summed E-state index contributed by atoms with van der Waals surface area (Å²) in [4.78, 5) is 37.4. The van der Waals surface area contributed by atoms with E-state index in [1.807, 2.05) is 30.3 Å². The monoisotopic (exact) mass is 286 g/mol. The third-order valence-electron chi connectivity index (χ3n) is 4.43. The lowest BCUT2D eigenvalue weighted by Gasteiger charge is -2.35. The highest BCUT2D eigenvalue weighted by atomic mass is 16.2. The Kier molecular flexibility index (Phi) is 3.49. The summed E-state index contributed by atoms with van der Waals surface area (Å²) in [6.45, 7) is -0.0572. The molecular weight excluding hydrogens is 268 g/mol.